The normalized spacial score (nSPS) is 25.4. The number of benzene rings is 1. The summed E-state index contributed by atoms with van der Waals surface area (Å²) in [6.45, 7) is 5.37. The largest absolute Gasteiger partial charge is 0.426 e. The Morgan fingerprint density at radius 2 is 1.75 bits per heavy atom. The van der Waals surface area contributed by atoms with E-state index in [9.17, 15) is 23.1 Å². The Labute approximate surface area is 139 Å². The second kappa shape index (κ2) is 6.72. The summed E-state index contributed by atoms with van der Waals surface area (Å²) in [6.07, 6.45) is -4.99. The Balaban J connectivity index is 2.09. The summed E-state index contributed by atoms with van der Waals surface area (Å²) in [5.74, 6) is -1.28. The molecule has 0 spiro atoms. The molecule has 0 radical (unpaired) electrons. The van der Waals surface area contributed by atoms with Gasteiger partial charge >= 0.3 is 6.18 Å². The van der Waals surface area contributed by atoms with E-state index < -0.39 is 23.7 Å². The van der Waals surface area contributed by atoms with Gasteiger partial charge in [-0.15, -0.1) is 0 Å². The van der Waals surface area contributed by atoms with Crippen LogP contribution in [0.3, 0.4) is 0 Å². The number of nitrogens with zero attached hydrogens (tertiary/aromatic N) is 2. The van der Waals surface area contributed by atoms with Gasteiger partial charge in [-0.05, 0) is 26.3 Å². The third kappa shape index (κ3) is 3.72. The maximum Gasteiger partial charge on any atom is 0.426 e. The van der Waals surface area contributed by atoms with Crippen LogP contribution in [0, 0.1) is 0 Å². The maximum atomic E-state index is 12.9. The highest BCUT2D eigenvalue weighted by Gasteiger charge is 2.58. The number of aliphatic hydroxyl groups is 1. The minimum Gasteiger partial charge on any atom is -0.373 e. The number of rotatable bonds is 3. The van der Waals surface area contributed by atoms with Gasteiger partial charge in [0.1, 0.15) is 0 Å². The first-order chi connectivity index (χ1) is 11.0. The lowest BCUT2D eigenvalue weighted by Crippen LogP contribution is -2.64. The molecule has 24 heavy (non-hydrogen) atoms. The van der Waals surface area contributed by atoms with E-state index in [2.05, 4.69) is 4.90 Å². The third-order valence-corrected chi connectivity index (χ3v) is 4.57. The van der Waals surface area contributed by atoms with Crippen LogP contribution >= 0.6 is 0 Å². The molecule has 4 nitrogen and oxygen atoms in total. The van der Waals surface area contributed by atoms with Crippen molar-refractivity contribution in [3.05, 3.63) is 35.9 Å². The van der Waals surface area contributed by atoms with Crippen molar-refractivity contribution in [1.82, 2.24) is 9.80 Å². The van der Waals surface area contributed by atoms with E-state index in [0.717, 1.165) is 10.5 Å². The minimum absolute atomic E-state index is 0.102. The third-order valence-electron chi connectivity index (χ3n) is 4.57. The molecule has 7 heteroatoms. The van der Waals surface area contributed by atoms with Crippen molar-refractivity contribution in [3.8, 4) is 0 Å². The topological polar surface area (TPSA) is 43.8 Å². The van der Waals surface area contributed by atoms with Gasteiger partial charge in [0.15, 0.2) is 0 Å². The van der Waals surface area contributed by atoms with Crippen LogP contribution in [0.2, 0.25) is 0 Å². The SMILES string of the molecule is C[C@@H]1CN(C(=O)[C@@](C)(O)C(F)(F)F)[C@@H](C)CN1Cc1ccccc1. The lowest BCUT2D eigenvalue weighted by molar-refractivity contribution is -0.252. The zero-order valence-electron chi connectivity index (χ0n) is 14.0. The van der Waals surface area contributed by atoms with Crippen molar-refractivity contribution in [1.29, 1.82) is 0 Å². The molecular weight excluding hydrogens is 321 g/mol. The average Bonchev–Trinajstić information content (AvgIpc) is 2.49. The molecule has 1 aliphatic rings. The first-order valence-corrected chi connectivity index (χ1v) is 7.92. The molecule has 1 saturated heterocycles. The molecule has 1 aliphatic heterocycles. The molecule has 1 aromatic rings. The monoisotopic (exact) mass is 344 g/mol. The first-order valence-electron chi connectivity index (χ1n) is 7.92. The van der Waals surface area contributed by atoms with Gasteiger partial charge in [-0.2, -0.15) is 13.2 Å². The quantitative estimate of drug-likeness (QED) is 0.916. The molecule has 1 aromatic carbocycles. The van der Waals surface area contributed by atoms with Crippen molar-refractivity contribution < 1.29 is 23.1 Å². The van der Waals surface area contributed by atoms with Crippen LogP contribution < -0.4 is 0 Å². The molecule has 3 atom stereocenters. The molecule has 0 aromatic heterocycles. The van der Waals surface area contributed by atoms with E-state index in [4.69, 9.17) is 0 Å². The number of carbonyl (C=O) groups excluding carboxylic acids is 1. The van der Waals surface area contributed by atoms with Crippen LogP contribution in [0.25, 0.3) is 0 Å². The molecule has 1 fully saturated rings. The second-order valence-corrected chi connectivity index (χ2v) is 6.64. The summed E-state index contributed by atoms with van der Waals surface area (Å²) in [5.41, 5.74) is -2.25. The fourth-order valence-corrected chi connectivity index (χ4v) is 2.92. The zero-order valence-corrected chi connectivity index (χ0v) is 14.0. The van der Waals surface area contributed by atoms with Crippen molar-refractivity contribution in [2.24, 2.45) is 0 Å². The van der Waals surface area contributed by atoms with Gasteiger partial charge in [-0.3, -0.25) is 9.69 Å². The lowest BCUT2D eigenvalue weighted by Gasteiger charge is -2.46. The first kappa shape index (κ1) is 18.7. The van der Waals surface area contributed by atoms with Crippen LogP contribution in [0.5, 0.6) is 0 Å². The average molecular weight is 344 g/mol. The van der Waals surface area contributed by atoms with E-state index in [-0.39, 0.29) is 12.6 Å². The Kier molecular flexibility index (Phi) is 5.25. The number of carbonyl (C=O) groups is 1. The van der Waals surface area contributed by atoms with Gasteiger partial charge in [0, 0.05) is 31.7 Å². The molecule has 1 heterocycles. The Morgan fingerprint density at radius 1 is 1.17 bits per heavy atom. The summed E-state index contributed by atoms with van der Waals surface area (Å²) in [4.78, 5) is 15.5. The predicted octanol–water partition coefficient (Wildman–Crippen LogP) is 2.42. The number of amides is 1. The number of alkyl halides is 3. The lowest BCUT2D eigenvalue weighted by atomic mass is 10.00. The summed E-state index contributed by atoms with van der Waals surface area (Å²) < 4.78 is 38.8. The van der Waals surface area contributed by atoms with Crippen LogP contribution in [0.15, 0.2) is 30.3 Å². The number of piperazine rings is 1. The molecule has 2 rings (SSSR count). The van der Waals surface area contributed by atoms with Gasteiger partial charge in [0.05, 0.1) is 0 Å². The highest BCUT2D eigenvalue weighted by atomic mass is 19.4. The van der Waals surface area contributed by atoms with Crippen LogP contribution in [0.1, 0.15) is 26.3 Å². The highest BCUT2D eigenvalue weighted by molar-refractivity contribution is 5.86. The molecule has 1 amide bonds. The molecule has 1 N–H and O–H groups in total. The Hall–Kier alpha value is -1.60. The molecule has 0 aliphatic carbocycles. The van der Waals surface area contributed by atoms with E-state index in [1.165, 1.54) is 0 Å². The van der Waals surface area contributed by atoms with Crippen molar-refractivity contribution in [3.63, 3.8) is 0 Å². The van der Waals surface area contributed by atoms with Gasteiger partial charge < -0.3 is 10.0 Å². The number of hydrogen-bond donors (Lipinski definition) is 1. The fraction of sp³-hybridized carbons (Fsp3) is 0.588. The predicted molar refractivity (Wildman–Crippen MR) is 84.2 cm³/mol. The Morgan fingerprint density at radius 3 is 2.29 bits per heavy atom. The molecular formula is C17H23F3N2O2. The second-order valence-electron chi connectivity index (χ2n) is 6.64. The summed E-state index contributed by atoms with van der Waals surface area (Å²) in [7, 11) is 0. The van der Waals surface area contributed by atoms with Gasteiger partial charge in [0.2, 0.25) is 5.60 Å². The number of hydrogen-bond acceptors (Lipinski definition) is 3. The molecule has 0 bridgehead atoms. The van der Waals surface area contributed by atoms with E-state index >= 15 is 0 Å². The Bertz CT molecular complexity index is 575. The van der Waals surface area contributed by atoms with E-state index in [1.807, 2.05) is 37.3 Å². The van der Waals surface area contributed by atoms with Crippen molar-refractivity contribution in [2.75, 3.05) is 13.1 Å². The van der Waals surface area contributed by atoms with Crippen LogP contribution in [-0.2, 0) is 11.3 Å². The zero-order chi connectivity index (χ0) is 18.1. The van der Waals surface area contributed by atoms with Crippen molar-refractivity contribution in [2.45, 2.75) is 51.2 Å². The molecule has 0 saturated carbocycles. The molecule has 134 valence electrons. The van der Waals surface area contributed by atoms with Gasteiger partial charge in [0.25, 0.3) is 5.91 Å². The smallest absolute Gasteiger partial charge is 0.373 e. The van der Waals surface area contributed by atoms with Crippen LogP contribution in [-0.4, -0.2) is 57.8 Å². The summed E-state index contributed by atoms with van der Waals surface area (Å²) in [6, 6.07) is 9.26. The summed E-state index contributed by atoms with van der Waals surface area (Å²) in [5, 5.41) is 9.65. The van der Waals surface area contributed by atoms with Gasteiger partial charge in [-0.25, -0.2) is 0 Å². The van der Waals surface area contributed by atoms with Gasteiger partial charge in [-0.1, -0.05) is 30.3 Å². The maximum absolute atomic E-state index is 12.9. The van der Waals surface area contributed by atoms with Crippen LogP contribution in [0.4, 0.5) is 13.2 Å². The summed E-state index contributed by atoms with van der Waals surface area (Å²) >= 11 is 0. The highest BCUT2D eigenvalue weighted by Crippen LogP contribution is 2.33. The van der Waals surface area contributed by atoms with E-state index in [0.29, 0.717) is 20.0 Å². The molecule has 0 unspecified atom stereocenters. The standard InChI is InChI=1S/C17H23F3N2O2/c1-12-10-22(15(23)16(3,24)17(18,19)20)13(2)9-21(12)11-14-7-5-4-6-8-14/h4-8,12-13,24H,9-11H2,1-3H3/t12-,13+,16-/m1/s1. The van der Waals surface area contributed by atoms with E-state index in [1.54, 1.807) is 6.92 Å². The van der Waals surface area contributed by atoms with Crippen molar-refractivity contribution >= 4 is 5.91 Å². The fourth-order valence-electron chi connectivity index (χ4n) is 2.92. The number of halogens is 3. The minimum atomic E-state index is -4.99.